The molecule has 202 valence electrons. The molecular formula is C35H30FN5. The van der Waals surface area contributed by atoms with Gasteiger partial charge in [-0.25, -0.2) is 9.37 Å². The molecule has 0 amide bonds. The number of aromatic amines is 2. The Labute approximate surface area is 238 Å². The van der Waals surface area contributed by atoms with Gasteiger partial charge in [0.25, 0.3) is 0 Å². The van der Waals surface area contributed by atoms with Crippen LogP contribution in [0, 0.1) is 5.82 Å². The van der Waals surface area contributed by atoms with Gasteiger partial charge in [0, 0.05) is 30.1 Å². The van der Waals surface area contributed by atoms with E-state index in [0.717, 1.165) is 67.7 Å². The fourth-order valence-electron chi connectivity index (χ4n) is 5.10. The zero-order valence-electron chi connectivity index (χ0n) is 22.8. The second-order valence-electron chi connectivity index (χ2n) is 9.90. The summed E-state index contributed by atoms with van der Waals surface area (Å²) in [7, 11) is 0. The van der Waals surface area contributed by atoms with E-state index in [-0.39, 0.29) is 5.82 Å². The molecule has 0 aliphatic heterocycles. The van der Waals surface area contributed by atoms with Crippen LogP contribution in [-0.2, 0) is 6.54 Å². The third-order valence-corrected chi connectivity index (χ3v) is 7.25. The summed E-state index contributed by atoms with van der Waals surface area (Å²) in [6, 6.07) is 27.2. The van der Waals surface area contributed by atoms with Gasteiger partial charge in [-0.2, -0.15) is 5.10 Å². The Morgan fingerprint density at radius 3 is 2.59 bits per heavy atom. The molecule has 0 saturated heterocycles. The largest absolute Gasteiger partial charge is 0.338 e. The van der Waals surface area contributed by atoms with Crippen LogP contribution in [0.3, 0.4) is 0 Å². The highest BCUT2D eigenvalue weighted by Crippen LogP contribution is 2.34. The molecule has 3 N–H and O–H groups in total. The molecule has 6 heteroatoms. The van der Waals surface area contributed by atoms with E-state index in [4.69, 9.17) is 0 Å². The SMILES string of the molecule is C=C/C(=C\C(=C/C)c1ccc2[nH]nc(-c3cc4c(-c5ccc(F)cc5)ccnc4[nH]3)c2c1)CNCc1ccccc1. The van der Waals surface area contributed by atoms with E-state index in [1.54, 1.807) is 18.3 Å². The summed E-state index contributed by atoms with van der Waals surface area (Å²) in [5.41, 5.74) is 9.84. The van der Waals surface area contributed by atoms with Crippen molar-refractivity contribution < 1.29 is 4.39 Å². The minimum atomic E-state index is -0.258. The van der Waals surface area contributed by atoms with Gasteiger partial charge in [-0.15, -0.1) is 0 Å². The van der Waals surface area contributed by atoms with E-state index in [1.807, 2.05) is 25.1 Å². The van der Waals surface area contributed by atoms with Crippen LogP contribution in [0.4, 0.5) is 4.39 Å². The van der Waals surface area contributed by atoms with Crippen molar-refractivity contribution in [1.29, 1.82) is 0 Å². The first-order valence-corrected chi connectivity index (χ1v) is 13.6. The van der Waals surface area contributed by atoms with Crippen molar-refractivity contribution in [2.45, 2.75) is 13.5 Å². The molecule has 3 aromatic carbocycles. The third-order valence-electron chi connectivity index (χ3n) is 7.25. The highest BCUT2D eigenvalue weighted by atomic mass is 19.1. The first-order valence-electron chi connectivity index (χ1n) is 13.6. The van der Waals surface area contributed by atoms with Gasteiger partial charge in [0.1, 0.15) is 17.2 Å². The molecule has 41 heavy (non-hydrogen) atoms. The number of pyridine rings is 1. The average molecular weight is 540 g/mol. The number of H-pyrrole nitrogens is 2. The highest BCUT2D eigenvalue weighted by molar-refractivity contribution is 6.00. The van der Waals surface area contributed by atoms with Gasteiger partial charge in [0.2, 0.25) is 0 Å². The number of benzene rings is 3. The number of hydrogen-bond donors (Lipinski definition) is 3. The van der Waals surface area contributed by atoms with Crippen LogP contribution in [0.5, 0.6) is 0 Å². The molecule has 3 heterocycles. The summed E-state index contributed by atoms with van der Waals surface area (Å²) >= 11 is 0. The van der Waals surface area contributed by atoms with Crippen molar-refractivity contribution in [1.82, 2.24) is 25.5 Å². The molecule has 0 aliphatic carbocycles. The van der Waals surface area contributed by atoms with Crippen LogP contribution in [0.1, 0.15) is 18.1 Å². The molecule has 0 radical (unpaired) electrons. The van der Waals surface area contributed by atoms with E-state index < -0.39 is 0 Å². The molecule has 0 aliphatic rings. The minimum absolute atomic E-state index is 0.258. The molecule has 3 aromatic heterocycles. The van der Waals surface area contributed by atoms with Crippen molar-refractivity contribution >= 4 is 27.5 Å². The Hall–Kier alpha value is -5.07. The van der Waals surface area contributed by atoms with Gasteiger partial charge >= 0.3 is 0 Å². The lowest BCUT2D eigenvalue weighted by molar-refractivity contribution is 0.628. The standard InChI is InChI=1S/C35H30FN5/c1-3-23(21-37-22-24-8-6-5-7-9-24)18-25(4-2)27-12-15-32-31(19-27)34(41-40-32)33-20-30-29(16-17-38-35(30)39-33)26-10-13-28(36)14-11-26/h3-20,37H,1,21-22H2,2H3,(H,38,39)(H,40,41)/b23-18+,25-4+. The van der Waals surface area contributed by atoms with E-state index in [0.29, 0.717) is 6.54 Å². The summed E-state index contributed by atoms with van der Waals surface area (Å²) < 4.78 is 13.5. The van der Waals surface area contributed by atoms with E-state index in [2.05, 4.69) is 92.7 Å². The van der Waals surface area contributed by atoms with Gasteiger partial charge in [0.15, 0.2) is 0 Å². The second-order valence-corrected chi connectivity index (χ2v) is 9.90. The molecule has 5 nitrogen and oxygen atoms in total. The topological polar surface area (TPSA) is 69.4 Å². The second kappa shape index (κ2) is 11.6. The lowest BCUT2D eigenvalue weighted by Crippen LogP contribution is -2.15. The maximum Gasteiger partial charge on any atom is 0.138 e. The van der Waals surface area contributed by atoms with Gasteiger partial charge in [0.05, 0.1) is 11.2 Å². The maximum absolute atomic E-state index is 13.5. The first-order chi connectivity index (χ1) is 20.1. The van der Waals surface area contributed by atoms with Crippen LogP contribution in [0.2, 0.25) is 0 Å². The van der Waals surface area contributed by atoms with Crippen LogP contribution < -0.4 is 5.32 Å². The van der Waals surface area contributed by atoms with Crippen LogP contribution in [0.15, 0.2) is 122 Å². The summed E-state index contributed by atoms with van der Waals surface area (Å²) in [6.07, 6.45) is 7.95. The normalized spacial score (nSPS) is 12.3. The number of nitrogens with zero attached hydrogens (tertiary/aromatic N) is 2. The number of allylic oxidation sites excluding steroid dienone is 3. The monoisotopic (exact) mass is 539 g/mol. The Morgan fingerprint density at radius 1 is 0.976 bits per heavy atom. The molecule has 0 unspecified atom stereocenters. The molecule has 0 saturated carbocycles. The lowest BCUT2D eigenvalue weighted by atomic mass is 9.99. The molecule has 6 rings (SSSR count). The number of halogens is 1. The van der Waals surface area contributed by atoms with Crippen LogP contribution in [-0.4, -0.2) is 26.7 Å². The number of fused-ring (bicyclic) bond motifs is 2. The summed E-state index contributed by atoms with van der Waals surface area (Å²) in [6.45, 7) is 7.60. The summed E-state index contributed by atoms with van der Waals surface area (Å²) in [5.74, 6) is -0.258. The van der Waals surface area contributed by atoms with E-state index in [1.165, 1.54) is 17.7 Å². The maximum atomic E-state index is 13.5. The predicted octanol–water partition coefficient (Wildman–Crippen LogP) is 8.22. The quantitative estimate of drug-likeness (QED) is 0.162. The summed E-state index contributed by atoms with van der Waals surface area (Å²) in [4.78, 5) is 7.98. The Morgan fingerprint density at radius 2 is 1.80 bits per heavy atom. The van der Waals surface area contributed by atoms with E-state index in [9.17, 15) is 4.39 Å². The molecule has 0 atom stereocenters. The highest BCUT2D eigenvalue weighted by Gasteiger charge is 2.15. The fourth-order valence-corrected chi connectivity index (χ4v) is 5.10. The van der Waals surface area contributed by atoms with Crippen LogP contribution >= 0.6 is 0 Å². The molecule has 6 aromatic rings. The molecule has 0 bridgehead atoms. The smallest absolute Gasteiger partial charge is 0.138 e. The average Bonchev–Trinajstić information content (AvgIpc) is 3.64. The van der Waals surface area contributed by atoms with Gasteiger partial charge in [-0.05, 0) is 76.7 Å². The number of aromatic nitrogens is 4. The number of hydrogen-bond acceptors (Lipinski definition) is 3. The Bertz CT molecular complexity index is 1890. The van der Waals surface area contributed by atoms with Gasteiger partial charge < -0.3 is 10.3 Å². The zero-order valence-corrected chi connectivity index (χ0v) is 22.8. The zero-order chi connectivity index (χ0) is 28.2. The summed E-state index contributed by atoms with van der Waals surface area (Å²) in [5, 5.41) is 13.3. The minimum Gasteiger partial charge on any atom is -0.338 e. The van der Waals surface area contributed by atoms with Crippen molar-refractivity contribution in [3.05, 3.63) is 138 Å². The van der Waals surface area contributed by atoms with Gasteiger partial charge in [-0.3, -0.25) is 5.10 Å². The fraction of sp³-hybridized carbons (Fsp3) is 0.0857. The number of nitrogens with one attached hydrogen (secondary N) is 3. The Balaban J connectivity index is 1.30. The molecular weight excluding hydrogens is 509 g/mol. The molecule has 0 fully saturated rings. The third kappa shape index (κ3) is 5.51. The van der Waals surface area contributed by atoms with Crippen molar-refractivity contribution in [2.24, 2.45) is 0 Å². The lowest BCUT2D eigenvalue weighted by Gasteiger charge is -2.09. The Kier molecular flexibility index (Phi) is 7.39. The first kappa shape index (κ1) is 26.2. The van der Waals surface area contributed by atoms with Gasteiger partial charge in [-0.1, -0.05) is 73.3 Å². The van der Waals surface area contributed by atoms with E-state index >= 15 is 0 Å². The molecule has 0 spiro atoms. The number of rotatable bonds is 9. The van der Waals surface area contributed by atoms with Crippen molar-refractivity contribution in [3.8, 4) is 22.5 Å². The van der Waals surface area contributed by atoms with Crippen molar-refractivity contribution in [2.75, 3.05) is 6.54 Å². The van der Waals surface area contributed by atoms with Crippen molar-refractivity contribution in [3.63, 3.8) is 0 Å². The predicted molar refractivity (Wildman–Crippen MR) is 167 cm³/mol. The van der Waals surface area contributed by atoms with Crippen LogP contribution in [0.25, 0.3) is 50.0 Å².